The van der Waals surface area contributed by atoms with E-state index in [1.165, 1.54) is 0 Å². The van der Waals surface area contributed by atoms with Gasteiger partial charge >= 0.3 is 0 Å². The summed E-state index contributed by atoms with van der Waals surface area (Å²) in [6.45, 7) is 1.40. The van der Waals surface area contributed by atoms with E-state index >= 15 is 0 Å². The first-order valence-corrected chi connectivity index (χ1v) is 5.02. The van der Waals surface area contributed by atoms with Crippen molar-refractivity contribution in [1.29, 1.82) is 0 Å². The van der Waals surface area contributed by atoms with Crippen LogP contribution in [-0.2, 0) is 4.74 Å². The highest BCUT2D eigenvalue weighted by molar-refractivity contribution is 5.81. The van der Waals surface area contributed by atoms with Crippen LogP contribution in [0.15, 0.2) is 28.8 Å². The number of rotatable bonds is 2. The summed E-state index contributed by atoms with van der Waals surface area (Å²) in [5.41, 5.74) is 0.756. The van der Waals surface area contributed by atoms with Crippen molar-refractivity contribution < 1.29 is 14.0 Å². The van der Waals surface area contributed by atoms with Gasteiger partial charge in [-0.1, -0.05) is 12.1 Å². The van der Waals surface area contributed by atoms with Gasteiger partial charge in [0.05, 0.1) is 18.6 Å². The molecule has 78 valence electrons. The highest BCUT2D eigenvalue weighted by Crippen LogP contribution is 2.26. The van der Waals surface area contributed by atoms with E-state index in [-0.39, 0.29) is 6.10 Å². The van der Waals surface area contributed by atoms with Gasteiger partial charge in [0.1, 0.15) is 6.10 Å². The van der Waals surface area contributed by atoms with E-state index in [1.54, 1.807) is 0 Å². The van der Waals surface area contributed by atoms with Crippen LogP contribution in [0.2, 0.25) is 0 Å². The van der Waals surface area contributed by atoms with Crippen molar-refractivity contribution in [2.45, 2.75) is 12.5 Å². The van der Waals surface area contributed by atoms with Crippen molar-refractivity contribution in [2.75, 3.05) is 13.2 Å². The average Bonchev–Trinajstić information content (AvgIpc) is 2.89. The third-order valence-electron chi connectivity index (χ3n) is 2.51. The van der Waals surface area contributed by atoms with E-state index in [4.69, 9.17) is 14.0 Å². The van der Waals surface area contributed by atoms with Gasteiger partial charge in [0.25, 0.3) is 5.88 Å². The fourth-order valence-corrected chi connectivity index (χ4v) is 1.71. The third-order valence-corrected chi connectivity index (χ3v) is 2.51. The number of fused-ring (bicyclic) bond motifs is 1. The molecule has 2 heterocycles. The molecule has 0 radical (unpaired) electrons. The average molecular weight is 205 g/mol. The van der Waals surface area contributed by atoms with Gasteiger partial charge in [-0.05, 0) is 17.3 Å². The second-order valence-electron chi connectivity index (χ2n) is 3.59. The lowest BCUT2D eigenvalue weighted by Gasteiger charge is -2.07. The lowest BCUT2D eigenvalue weighted by Crippen LogP contribution is -2.15. The number of para-hydroxylation sites is 1. The molecule has 3 rings (SSSR count). The molecule has 1 atom stereocenters. The first-order valence-electron chi connectivity index (χ1n) is 5.02. The molecule has 0 amide bonds. The maximum atomic E-state index is 5.70. The topological polar surface area (TPSA) is 44.5 Å². The van der Waals surface area contributed by atoms with Crippen LogP contribution in [0.3, 0.4) is 0 Å². The number of nitrogens with zero attached hydrogens (tertiary/aromatic N) is 1. The number of hydrogen-bond acceptors (Lipinski definition) is 4. The Morgan fingerprint density at radius 1 is 1.33 bits per heavy atom. The van der Waals surface area contributed by atoms with Gasteiger partial charge in [0.15, 0.2) is 5.58 Å². The highest BCUT2D eigenvalue weighted by atomic mass is 16.6. The van der Waals surface area contributed by atoms with Gasteiger partial charge < -0.3 is 14.0 Å². The molecule has 4 nitrogen and oxygen atoms in total. The maximum Gasteiger partial charge on any atom is 0.262 e. The number of ether oxygens (including phenoxy) is 2. The van der Waals surface area contributed by atoms with Crippen molar-refractivity contribution >= 4 is 11.0 Å². The molecule has 0 aliphatic carbocycles. The third kappa shape index (κ3) is 1.57. The molecule has 1 aliphatic heterocycles. The molecule has 1 aromatic heterocycles. The van der Waals surface area contributed by atoms with Crippen molar-refractivity contribution in [3.8, 4) is 5.88 Å². The van der Waals surface area contributed by atoms with E-state index in [0.29, 0.717) is 12.5 Å². The summed E-state index contributed by atoms with van der Waals surface area (Å²) in [4.78, 5) is 0. The van der Waals surface area contributed by atoms with Gasteiger partial charge in [-0.15, -0.1) is 0 Å². The van der Waals surface area contributed by atoms with Crippen molar-refractivity contribution in [1.82, 2.24) is 5.16 Å². The summed E-state index contributed by atoms with van der Waals surface area (Å²) in [6.07, 6.45) is 1.03. The lowest BCUT2D eigenvalue weighted by molar-refractivity contribution is 0.135. The molecule has 0 spiro atoms. The Morgan fingerprint density at radius 2 is 2.27 bits per heavy atom. The van der Waals surface area contributed by atoms with Crippen LogP contribution in [0.1, 0.15) is 6.42 Å². The van der Waals surface area contributed by atoms with Crippen LogP contribution in [0.25, 0.3) is 11.0 Å². The summed E-state index contributed by atoms with van der Waals surface area (Å²) in [7, 11) is 0. The van der Waals surface area contributed by atoms with Crippen LogP contribution in [-0.4, -0.2) is 24.5 Å². The maximum absolute atomic E-state index is 5.70. The minimum atomic E-state index is 0.110. The van der Waals surface area contributed by atoms with E-state index in [1.807, 2.05) is 24.3 Å². The van der Waals surface area contributed by atoms with Gasteiger partial charge in [-0.3, -0.25) is 0 Å². The molecule has 4 heteroatoms. The Morgan fingerprint density at radius 3 is 3.13 bits per heavy atom. The van der Waals surface area contributed by atoms with E-state index < -0.39 is 0 Å². The van der Waals surface area contributed by atoms with Crippen LogP contribution in [0, 0.1) is 0 Å². The van der Waals surface area contributed by atoms with Gasteiger partial charge in [-0.2, -0.15) is 0 Å². The molecule has 15 heavy (non-hydrogen) atoms. The SMILES string of the molecule is c1ccc2c(O[C@@H]3CCOC3)noc2c1. The molecule has 1 fully saturated rings. The largest absolute Gasteiger partial charge is 0.469 e. The highest BCUT2D eigenvalue weighted by Gasteiger charge is 2.20. The van der Waals surface area contributed by atoms with Crippen molar-refractivity contribution in [2.24, 2.45) is 0 Å². The van der Waals surface area contributed by atoms with Gasteiger partial charge in [0.2, 0.25) is 0 Å². The fourth-order valence-electron chi connectivity index (χ4n) is 1.71. The molecule has 0 unspecified atom stereocenters. The van der Waals surface area contributed by atoms with Crippen molar-refractivity contribution in [3.05, 3.63) is 24.3 Å². The Labute approximate surface area is 86.8 Å². The van der Waals surface area contributed by atoms with Crippen LogP contribution >= 0.6 is 0 Å². The summed E-state index contributed by atoms with van der Waals surface area (Å²) in [6, 6.07) is 7.67. The minimum Gasteiger partial charge on any atom is -0.469 e. The molecule has 1 aromatic carbocycles. The summed E-state index contributed by atoms with van der Waals surface area (Å²) in [5, 5.41) is 4.83. The van der Waals surface area contributed by atoms with Gasteiger partial charge in [-0.25, -0.2) is 0 Å². The monoisotopic (exact) mass is 205 g/mol. The molecule has 1 saturated heterocycles. The number of aromatic nitrogens is 1. The Bertz CT molecular complexity index is 460. The predicted molar refractivity (Wildman–Crippen MR) is 53.9 cm³/mol. The van der Waals surface area contributed by atoms with E-state index in [0.717, 1.165) is 24.0 Å². The molecular formula is C11H11NO3. The number of benzene rings is 1. The minimum absolute atomic E-state index is 0.110. The van der Waals surface area contributed by atoms with Crippen LogP contribution < -0.4 is 4.74 Å². The zero-order valence-electron chi connectivity index (χ0n) is 8.18. The predicted octanol–water partition coefficient (Wildman–Crippen LogP) is 2.00. The second kappa shape index (κ2) is 3.55. The molecular weight excluding hydrogens is 194 g/mol. The normalized spacial score (nSPS) is 20.9. The van der Waals surface area contributed by atoms with Gasteiger partial charge in [0, 0.05) is 6.42 Å². The second-order valence-corrected chi connectivity index (χ2v) is 3.59. The molecule has 0 N–H and O–H groups in total. The molecule has 2 aromatic rings. The first-order chi connectivity index (χ1) is 7.43. The smallest absolute Gasteiger partial charge is 0.262 e. The van der Waals surface area contributed by atoms with Crippen LogP contribution in [0.5, 0.6) is 5.88 Å². The molecule has 0 bridgehead atoms. The Balaban J connectivity index is 1.90. The summed E-state index contributed by atoms with van der Waals surface area (Å²) >= 11 is 0. The lowest BCUT2D eigenvalue weighted by atomic mass is 10.2. The Kier molecular flexibility index (Phi) is 2.07. The summed E-state index contributed by atoms with van der Waals surface area (Å²) in [5.74, 6) is 0.570. The first kappa shape index (κ1) is 8.73. The molecule has 1 aliphatic rings. The Hall–Kier alpha value is -1.55. The van der Waals surface area contributed by atoms with Crippen molar-refractivity contribution in [3.63, 3.8) is 0 Å². The zero-order valence-corrected chi connectivity index (χ0v) is 8.18. The quantitative estimate of drug-likeness (QED) is 0.752. The molecule has 0 saturated carbocycles. The number of hydrogen-bond donors (Lipinski definition) is 0. The standard InChI is InChI=1S/C11H11NO3/c1-2-4-10-9(3-1)11(12-15-10)14-8-5-6-13-7-8/h1-4,8H,5-7H2/t8-/m1/s1. The van der Waals surface area contributed by atoms with Crippen LogP contribution in [0.4, 0.5) is 0 Å². The zero-order chi connectivity index (χ0) is 10.1. The summed E-state index contributed by atoms with van der Waals surface area (Å²) < 4.78 is 16.1. The van der Waals surface area contributed by atoms with E-state index in [9.17, 15) is 0 Å². The van der Waals surface area contributed by atoms with E-state index in [2.05, 4.69) is 5.16 Å². The fraction of sp³-hybridized carbons (Fsp3) is 0.364.